The van der Waals surface area contributed by atoms with Crippen LogP contribution >= 0.6 is 0 Å². The molecular weight excluding hydrogens is 420 g/mol. The normalized spacial score (nSPS) is 48.1. The zero-order valence-corrected chi connectivity index (χ0v) is 21.9. The second-order valence-corrected chi connectivity index (χ2v) is 12.9. The molecule has 5 aliphatic rings. The van der Waals surface area contributed by atoms with Crippen LogP contribution in [0.2, 0.25) is 0 Å². The van der Waals surface area contributed by atoms with E-state index in [1.807, 2.05) is 0 Å². The Morgan fingerprint density at radius 1 is 0.912 bits per heavy atom. The highest BCUT2D eigenvalue weighted by atomic mass is 16.8. The van der Waals surface area contributed by atoms with Crippen LogP contribution < -0.4 is 0 Å². The fraction of sp³-hybridized carbons (Fsp3) is 0.742. The van der Waals surface area contributed by atoms with Gasteiger partial charge in [0.05, 0.1) is 24.4 Å². The van der Waals surface area contributed by atoms with Gasteiger partial charge in [0.1, 0.15) is 0 Å². The quantitative estimate of drug-likeness (QED) is 0.435. The van der Waals surface area contributed by atoms with Gasteiger partial charge >= 0.3 is 0 Å². The Kier molecular flexibility index (Phi) is 5.42. The van der Waals surface area contributed by atoms with Crippen molar-refractivity contribution in [2.45, 2.75) is 116 Å². The smallest absolute Gasteiger partial charge is 0.163 e. The van der Waals surface area contributed by atoms with E-state index in [1.165, 1.54) is 50.5 Å². The van der Waals surface area contributed by atoms with Gasteiger partial charge in [-0.1, -0.05) is 68.7 Å². The van der Waals surface area contributed by atoms with E-state index in [1.54, 1.807) is 5.57 Å². The SMILES string of the molecule is C/C=C1/CCC2C3[C@H]4OC(C)(C)O[C@@H]4C4CCCC[C@]4(C)[C@@]3(OCc3ccccc3)CC[C@]12C. The molecule has 1 saturated heterocycles. The minimum Gasteiger partial charge on any atom is -0.369 e. The van der Waals surface area contributed by atoms with Crippen LogP contribution in [0.1, 0.15) is 91.5 Å². The molecule has 186 valence electrons. The van der Waals surface area contributed by atoms with Gasteiger partial charge < -0.3 is 14.2 Å². The third-order valence-electron chi connectivity index (χ3n) is 11.1. The Hall–Kier alpha value is -1.16. The van der Waals surface area contributed by atoms with Crippen molar-refractivity contribution in [1.29, 1.82) is 0 Å². The molecule has 0 N–H and O–H groups in total. The van der Waals surface area contributed by atoms with Gasteiger partial charge in [-0.05, 0) is 82.1 Å². The van der Waals surface area contributed by atoms with Crippen molar-refractivity contribution in [1.82, 2.24) is 0 Å². The summed E-state index contributed by atoms with van der Waals surface area (Å²) in [4.78, 5) is 0. The minimum atomic E-state index is -0.515. The highest BCUT2D eigenvalue weighted by molar-refractivity contribution is 5.29. The molecule has 1 aromatic rings. The molecule has 4 saturated carbocycles. The van der Waals surface area contributed by atoms with Gasteiger partial charge in [0.15, 0.2) is 5.79 Å². The maximum atomic E-state index is 7.38. The molecule has 6 rings (SSSR count). The molecule has 0 bridgehead atoms. The summed E-state index contributed by atoms with van der Waals surface area (Å²) in [5.41, 5.74) is 3.17. The summed E-state index contributed by atoms with van der Waals surface area (Å²) in [6.45, 7) is 12.3. The molecule has 1 heterocycles. The lowest BCUT2D eigenvalue weighted by Gasteiger charge is -2.68. The van der Waals surface area contributed by atoms with Crippen LogP contribution in [0.5, 0.6) is 0 Å². The Morgan fingerprint density at radius 2 is 1.68 bits per heavy atom. The van der Waals surface area contributed by atoms with Crippen molar-refractivity contribution in [3.05, 3.63) is 47.5 Å². The molecule has 0 radical (unpaired) electrons. The topological polar surface area (TPSA) is 27.7 Å². The van der Waals surface area contributed by atoms with Gasteiger partial charge in [0.2, 0.25) is 0 Å². The molecule has 0 aromatic heterocycles. The number of fused-ring (bicyclic) bond motifs is 8. The molecular formula is C31H44O3. The van der Waals surface area contributed by atoms with Gasteiger partial charge in [-0.3, -0.25) is 0 Å². The van der Waals surface area contributed by atoms with Gasteiger partial charge in [-0.15, -0.1) is 0 Å². The molecule has 0 spiro atoms. The van der Waals surface area contributed by atoms with Crippen LogP contribution in [0.4, 0.5) is 0 Å². The lowest BCUT2D eigenvalue weighted by molar-refractivity contribution is -0.293. The first kappa shape index (κ1) is 23.3. The van der Waals surface area contributed by atoms with Gasteiger partial charge in [-0.25, -0.2) is 0 Å². The van der Waals surface area contributed by atoms with Crippen molar-refractivity contribution in [3.63, 3.8) is 0 Å². The summed E-state index contributed by atoms with van der Waals surface area (Å²) in [5.74, 6) is 0.956. The second kappa shape index (κ2) is 7.92. The summed E-state index contributed by atoms with van der Waals surface area (Å²) in [5, 5.41) is 0. The predicted octanol–water partition coefficient (Wildman–Crippen LogP) is 7.44. The number of hydrogen-bond donors (Lipinski definition) is 0. The minimum absolute atomic E-state index is 0.121. The van der Waals surface area contributed by atoms with E-state index < -0.39 is 5.79 Å². The molecule has 1 aromatic carbocycles. The Balaban J connectivity index is 1.49. The fourth-order valence-corrected chi connectivity index (χ4v) is 9.59. The van der Waals surface area contributed by atoms with E-state index in [9.17, 15) is 0 Å². The molecule has 1 aliphatic heterocycles. The number of rotatable bonds is 3. The maximum absolute atomic E-state index is 7.38. The highest BCUT2D eigenvalue weighted by Gasteiger charge is 2.74. The number of hydrogen-bond acceptors (Lipinski definition) is 3. The third-order valence-corrected chi connectivity index (χ3v) is 11.1. The van der Waals surface area contributed by atoms with Gasteiger partial charge in [0, 0.05) is 11.3 Å². The fourth-order valence-electron chi connectivity index (χ4n) is 9.59. The first-order valence-electron chi connectivity index (χ1n) is 13.9. The van der Waals surface area contributed by atoms with Crippen molar-refractivity contribution in [3.8, 4) is 0 Å². The predicted molar refractivity (Wildman–Crippen MR) is 135 cm³/mol. The average Bonchev–Trinajstić information content (AvgIpc) is 3.33. The summed E-state index contributed by atoms with van der Waals surface area (Å²) < 4.78 is 21.1. The Morgan fingerprint density at radius 3 is 2.44 bits per heavy atom. The lowest BCUT2D eigenvalue weighted by atomic mass is 9.41. The van der Waals surface area contributed by atoms with E-state index in [4.69, 9.17) is 14.2 Å². The average molecular weight is 465 g/mol. The van der Waals surface area contributed by atoms with Crippen LogP contribution in [-0.2, 0) is 20.8 Å². The molecule has 3 unspecified atom stereocenters. The first-order valence-corrected chi connectivity index (χ1v) is 13.9. The van der Waals surface area contributed by atoms with E-state index >= 15 is 0 Å². The summed E-state index contributed by atoms with van der Waals surface area (Å²) in [7, 11) is 0. The van der Waals surface area contributed by atoms with Crippen molar-refractivity contribution >= 4 is 0 Å². The zero-order chi connectivity index (χ0) is 23.8. The highest BCUT2D eigenvalue weighted by Crippen LogP contribution is 2.72. The molecule has 8 atom stereocenters. The lowest BCUT2D eigenvalue weighted by Crippen LogP contribution is -2.72. The standard InChI is InChI=1S/C31H44O3/c1-6-22-15-16-23-25-27-26(33-28(2,3)34-27)24-14-10-11-17-30(24,5)31(25,19-18-29(22,23)4)32-20-21-12-8-7-9-13-21/h6-9,12-13,23-27H,10-11,14-20H2,1-5H3/b22-6-/t23?,24?,25?,26-,27-,29-,30+,31-/m1/s1. The molecule has 3 heteroatoms. The zero-order valence-electron chi connectivity index (χ0n) is 21.9. The summed E-state index contributed by atoms with van der Waals surface area (Å²) in [6, 6.07) is 10.8. The van der Waals surface area contributed by atoms with Crippen LogP contribution in [0.15, 0.2) is 42.0 Å². The molecule has 5 fully saturated rings. The number of benzene rings is 1. The molecule has 34 heavy (non-hydrogen) atoms. The summed E-state index contributed by atoms with van der Waals surface area (Å²) in [6.07, 6.45) is 12.7. The van der Waals surface area contributed by atoms with Crippen molar-refractivity contribution in [2.75, 3.05) is 0 Å². The van der Waals surface area contributed by atoms with Crippen LogP contribution in [-0.4, -0.2) is 23.6 Å². The molecule has 0 amide bonds. The van der Waals surface area contributed by atoms with Crippen LogP contribution in [0.3, 0.4) is 0 Å². The monoisotopic (exact) mass is 464 g/mol. The number of allylic oxidation sites excluding steroid dienone is 2. The van der Waals surface area contributed by atoms with E-state index in [0.29, 0.717) is 24.4 Å². The molecule has 3 nitrogen and oxygen atoms in total. The Bertz CT molecular complexity index is 953. The largest absolute Gasteiger partial charge is 0.369 e. The summed E-state index contributed by atoms with van der Waals surface area (Å²) >= 11 is 0. The van der Waals surface area contributed by atoms with E-state index in [0.717, 1.165) is 6.42 Å². The Labute approximate surface area is 206 Å². The van der Waals surface area contributed by atoms with Gasteiger partial charge in [-0.2, -0.15) is 0 Å². The van der Waals surface area contributed by atoms with E-state index in [-0.39, 0.29) is 28.6 Å². The molecule has 4 aliphatic carbocycles. The van der Waals surface area contributed by atoms with Crippen LogP contribution in [0.25, 0.3) is 0 Å². The van der Waals surface area contributed by atoms with Gasteiger partial charge in [0.25, 0.3) is 0 Å². The van der Waals surface area contributed by atoms with Crippen molar-refractivity contribution in [2.24, 2.45) is 28.6 Å². The van der Waals surface area contributed by atoms with Crippen LogP contribution in [0, 0.1) is 28.6 Å². The third kappa shape index (κ3) is 3.12. The van der Waals surface area contributed by atoms with Crippen molar-refractivity contribution < 1.29 is 14.2 Å². The number of ether oxygens (including phenoxy) is 3. The second-order valence-electron chi connectivity index (χ2n) is 12.9. The first-order chi connectivity index (χ1) is 16.2. The van der Waals surface area contributed by atoms with E-state index in [2.05, 4.69) is 71.0 Å². The maximum Gasteiger partial charge on any atom is 0.163 e.